The van der Waals surface area contributed by atoms with E-state index in [0.717, 1.165) is 21.1 Å². The first-order valence-electron chi connectivity index (χ1n) is 8.98. The molecule has 2 aromatic carbocycles. The molecular formula is C21H19N5O3. The van der Waals surface area contributed by atoms with Crippen LogP contribution < -0.4 is 10.6 Å². The second-order valence-electron chi connectivity index (χ2n) is 6.47. The van der Waals surface area contributed by atoms with Crippen LogP contribution in [0.1, 0.15) is 5.56 Å². The molecule has 0 aliphatic heterocycles. The van der Waals surface area contributed by atoms with Gasteiger partial charge in [-0.1, -0.05) is 30.3 Å². The first-order chi connectivity index (χ1) is 14.1. The Balaban J connectivity index is 1.34. The van der Waals surface area contributed by atoms with Crippen LogP contribution >= 0.6 is 0 Å². The zero-order valence-corrected chi connectivity index (χ0v) is 15.7. The summed E-state index contributed by atoms with van der Waals surface area (Å²) in [4.78, 5) is 24.3. The van der Waals surface area contributed by atoms with Crippen molar-refractivity contribution in [1.29, 1.82) is 0 Å². The third kappa shape index (κ3) is 4.27. The summed E-state index contributed by atoms with van der Waals surface area (Å²) in [7, 11) is 1.96. The zero-order chi connectivity index (χ0) is 20.2. The van der Waals surface area contributed by atoms with E-state index in [9.17, 15) is 9.59 Å². The maximum atomic E-state index is 12.2. The minimum atomic E-state index is -0.628. The number of urea groups is 1. The lowest BCUT2D eigenvalue weighted by Crippen LogP contribution is -2.20. The van der Waals surface area contributed by atoms with E-state index in [2.05, 4.69) is 15.7 Å². The van der Waals surface area contributed by atoms with Gasteiger partial charge in [0.1, 0.15) is 6.61 Å². The Kier molecular flexibility index (Phi) is 4.98. The summed E-state index contributed by atoms with van der Waals surface area (Å²) in [6.45, 7) is 0.144. The van der Waals surface area contributed by atoms with Crippen molar-refractivity contribution in [2.75, 3.05) is 10.6 Å². The third-order valence-corrected chi connectivity index (χ3v) is 4.37. The Morgan fingerprint density at radius 1 is 1.00 bits per heavy atom. The Morgan fingerprint density at radius 3 is 2.66 bits per heavy atom. The molecule has 2 aromatic heterocycles. The standard InChI is InChI=1S/C21H19N5O3/c1-25-11-9-16-13-17(7-8-18(16)25)22-20(27)23-19-10-12-26(24-19)21(28)29-14-15-5-3-2-4-6-15/h2-13H,14H2,1H3,(H2,22,23,24,27). The lowest BCUT2D eigenvalue weighted by molar-refractivity contribution is 0.138. The molecule has 4 aromatic rings. The van der Waals surface area contributed by atoms with Crippen molar-refractivity contribution < 1.29 is 14.3 Å². The first-order valence-corrected chi connectivity index (χ1v) is 8.98. The number of amides is 2. The van der Waals surface area contributed by atoms with Crippen molar-refractivity contribution in [3.8, 4) is 0 Å². The van der Waals surface area contributed by atoms with Crippen LogP contribution in [0.4, 0.5) is 21.1 Å². The van der Waals surface area contributed by atoms with Gasteiger partial charge in [0.05, 0.1) is 0 Å². The fourth-order valence-corrected chi connectivity index (χ4v) is 2.92. The minimum Gasteiger partial charge on any atom is -0.443 e. The van der Waals surface area contributed by atoms with E-state index in [1.165, 1.54) is 12.3 Å². The largest absolute Gasteiger partial charge is 0.443 e. The molecule has 29 heavy (non-hydrogen) atoms. The van der Waals surface area contributed by atoms with Crippen LogP contribution in [0.3, 0.4) is 0 Å². The lowest BCUT2D eigenvalue weighted by Gasteiger charge is -2.06. The van der Waals surface area contributed by atoms with Crippen molar-refractivity contribution in [3.05, 3.63) is 78.6 Å². The second-order valence-corrected chi connectivity index (χ2v) is 6.47. The normalized spacial score (nSPS) is 10.7. The fraction of sp³-hybridized carbons (Fsp3) is 0.0952. The Bertz CT molecular complexity index is 1160. The van der Waals surface area contributed by atoms with Gasteiger partial charge in [0.25, 0.3) is 0 Å². The van der Waals surface area contributed by atoms with E-state index >= 15 is 0 Å². The monoisotopic (exact) mass is 389 g/mol. The van der Waals surface area contributed by atoms with Crippen LogP contribution in [0.5, 0.6) is 0 Å². The minimum absolute atomic E-state index is 0.144. The highest BCUT2D eigenvalue weighted by molar-refractivity contribution is 6.00. The molecule has 0 radical (unpaired) electrons. The average Bonchev–Trinajstić information content (AvgIpc) is 3.33. The van der Waals surface area contributed by atoms with Crippen molar-refractivity contribution in [2.24, 2.45) is 7.05 Å². The molecule has 0 atom stereocenters. The SMILES string of the molecule is Cn1ccc2cc(NC(=O)Nc3ccn(C(=O)OCc4ccccc4)n3)ccc21. The highest BCUT2D eigenvalue weighted by Gasteiger charge is 2.11. The van der Waals surface area contributed by atoms with E-state index in [1.807, 2.05) is 72.4 Å². The third-order valence-electron chi connectivity index (χ3n) is 4.37. The molecule has 2 heterocycles. The number of aryl methyl sites for hydroxylation is 1. The number of anilines is 2. The van der Waals surface area contributed by atoms with Gasteiger partial charge < -0.3 is 14.6 Å². The van der Waals surface area contributed by atoms with Crippen molar-refractivity contribution in [1.82, 2.24) is 14.3 Å². The molecule has 0 bridgehead atoms. The predicted octanol–water partition coefficient (Wildman–Crippen LogP) is 4.20. The smallest absolute Gasteiger partial charge is 0.435 e. The van der Waals surface area contributed by atoms with Gasteiger partial charge in [-0.25, -0.2) is 9.59 Å². The molecule has 0 fully saturated rings. The zero-order valence-electron chi connectivity index (χ0n) is 15.7. The molecule has 2 amide bonds. The van der Waals surface area contributed by atoms with E-state index in [-0.39, 0.29) is 12.4 Å². The predicted molar refractivity (Wildman–Crippen MR) is 110 cm³/mol. The molecule has 146 valence electrons. The van der Waals surface area contributed by atoms with Crippen LogP contribution in [0, 0.1) is 0 Å². The number of rotatable bonds is 4. The Hall–Kier alpha value is -4.07. The summed E-state index contributed by atoms with van der Waals surface area (Å²) >= 11 is 0. The second kappa shape index (κ2) is 7.89. The molecule has 8 heteroatoms. The summed E-state index contributed by atoms with van der Waals surface area (Å²) < 4.78 is 8.24. The molecule has 2 N–H and O–H groups in total. The van der Waals surface area contributed by atoms with Crippen LogP contribution in [-0.4, -0.2) is 26.5 Å². The first kappa shape index (κ1) is 18.3. The van der Waals surface area contributed by atoms with E-state index in [1.54, 1.807) is 0 Å². The molecule has 0 saturated heterocycles. The highest BCUT2D eigenvalue weighted by Crippen LogP contribution is 2.20. The molecule has 4 rings (SSSR count). The van der Waals surface area contributed by atoms with Gasteiger partial charge in [0.2, 0.25) is 0 Å². The summed E-state index contributed by atoms with van der Waals surface area (Å²) in [5.74, 6) is 0.236. The number of aromatic nitrogens is 3. The van der Waals surface area contributed by atoms with Gasteiger partial charge in [-0.15, -0.1) is 5.10 Å². The van der Waals surface area contributed by atoms with Crippen LogP contribution in [0.15, 0.2) is 73.1 Å². The van der Waals surface area contributed by atoms with E-state index < -0.39 is 12.1 Å². The maximum Gasteiger partial charge on any atom is 0.435 e. The van der Waals surface area contributed by atoms with Crippen LogP contribution in [0.2, 0.25) is 0 Å². The van der Waals surface area contributed by atoms with E-state index in [0.29, 0.717) is 5.69 Å². The van der Waals surface area contributed by atoms with Gasteiger partial charge in [-0.05, 0) is 29.8 Å². The van der Waals surface area contributed by atoms with Crippen molar-refractivity contribution in [2.45, 2.75) is 6.61 Å². The molecule has 0 unspecified atom stereocenters. The van der Waals surface area contributed by atoms with E-state index in [4.69, 9.17) is 4.74 Å². The number of ether oxygens (including phenoxy) is 1. The number of hydrogen-bond donors (Lipinski definition) is 2. The van der Waals surface area contributed by atoms with Gasteiger partial charge in [-0.2, -0.15) is 4.68 Å². The number of nitrogens with one attached hydrogen (secondary N) is 2. The molecule has 0 aliphatic rings. The number of benzene rings is 2. The molecular weight excluding hydrogens is 370 g/mol. The summed E-state index contributed by atoms with van der Waals surface area (Å²) in [6.07, 6.45) is 2.76. The number of hydrogen-bond acceptors (Lipinski definition) is 4. The fourth-order valence-electron chi connectivity index (χ4n) is 2.92. The quantitative estimate of drug-likeness (QED) is 0.547. The number of nitrogens with zero attached hydrogens (tertiary/aromatic N) is 3. The van der Waals surface area contributed by atoms with Gasteiger partial charge in [0.15, 0.2) is 5.82 Å². The average molecular weight is 389 g/mol. The lowest BCUT2D eigenvalue weighted by atomic mass is 10.2. The molecule has 0 aliphatic carbocycles. The Labute approximate surface area is 166 Å². The van der Waals surface area contributed by atoms with Gasteiger partial charge in [-0.3, -0.25) is 5.32 Å². The topological polar surface area (TPSA) is 90.2 Å². The number of carbonyl (C=O) groups is 2. The van der Waals surface area contributed by atoms with Gasteiger partial charge >= 0.3 is 12.1 Å². The summed E-state index contributed by atoms with van der Waals surface area (Å²) in [5, 5.41) is 10.4. The number of carbonyl (C=O) groups excluding carboxylic acids is 2. The van der Waals surface area contributed by atoms with Crippen molar-refractivity contribution in [3.63, 3.8) is 0 Å². The molecule has 0 spiro atoms. The summed E-state index contributed by atoms with van der Waals surface area (Å²) in [6, 6.07) is 18.0. The number of fused-ring (bicyclic) bond motifs is 1. The van der Waals surface area contributed by atoms with Crippen LogP contribution in [0.25, 0.3) is 10.9 Å². The maximum absolute atomic E-state index is 12.2. The van der Waals surface area contributed by atoms with Crippen LogP contribution in [-0.2, 0) is 18.4 Å². The Morgan fingerprint density at radius 2 is 1.83 bits per heavy atom. The molecule has 0 saturated carbocycles. The van der Waals surface area contributed by atoms with Gasteiger partial charge in [0, 0.05) is 42.1 Å². The highest BCUT2D eigenvalue weighted by atomic mass is 16.6. The molecule has 8 nitrogen and oxygen atoms in total. The summed E-state index contributed by atoms with van der Waals surface area (Å²) in [5.41, 5.74) is 2.60. The van der Waals surface area contributed by atoms with Crippen molar-refractivity contribution >= 4 is 34.5 Å².